The predicted octanol–water partition coefficient (Wildman–Crippen LogP) is 2.26. The highest BCUT2D eigenvalue weighted by Gasteiger charge is 2.35. The number of hydrogen-bond donors (Lipinski definition) is 1. The second kappa shape index (κ2) is 7.46. The zero-order valence-electron chi connectivity index (χ0n) is 15.9. The molecule has 2 aromatic carbocycles. The molecule has 1 N–H and O–H groups in total. The van der Waals surface area contributed by atoms with Crippen molar-refractivity contribution in [2.75, 3.05) is 22.9 Å². The first-order chi connectivity index (χ1) is 13.5. The molecule has 2 aliphatic heterocycles. The summed E-state index contributed by atoms with van der Waals surface area (Å²) in [5, 5.41) is 2.93. The highest BCUT2D eigenvalue weighted by atomic mass is 16.2. The van der Waals surface area contributed by atoms with Crippen LogP contribution in [-0.4, -0.2) is 30.8 Å². The Bertz CT molecular complexity index is 926. The molecule has 6 nitrogen and oxygen atoms in total. The van der Waals surface area contributed by atoms with Crippen LogP contribution in [0.5, 0.6) is 0 Å². The smallest absolute Gasteiger partial charge is 0.227 e. The Labute approximate surface area is 164 Å². The van der Waals surface area contributed by atoms with Crippen LogP contribution in [0.1, 0.15) is 24.5 Å². The minimum Gasteiger partial charge on any atom is -0.352 e. The number of carbonyl (C=O) groups excluding carboxylic acids is 3. The summed E-state index contributed by atoms with van der Waals surface area (Å²) in [7, 11) is 0. The summed E-state index contributed by atoms with van der Waals surface area (Å²) in [6.07, 6.45) is 1.00. The van der Waals surface area contributed by atoms with Gasteiger partial charge in [-0.2, -0.15) is 0 Å². The summed E-state index contributed by atoms with van der Waals surface area (Å²) < 4.78 is 0. The normalized spacial score (nSPS) is 18.3. The molecule has 1 saturated heterocycles. The van der Waals surface area contributed by atoms with Gasteiger partial charge in [0, 0.05) is 44.4 Å². The molecule has 0 bridgehead atoms. The first-order valence-electron chi connectivity index (χ1n) is 9.56. The van der Waals surface area contributed by atoms with E-state index in [0.29, 0.717) is 19.6 Å². The molecule has 1 fully saturated rings. The zero-order chi connectivity index (χ0) is 19.7. The van der Waals surface area contributed by atoms with Gasteiger partial charge in [0.1, 0.15) is 0 Å². The van der Waals surface area contributed by atoms with Gasteiger partial charge in [0.25, 0.3) is 0 Å². The molecule has 28 heavy (non-hydrogen) atoms. The Kier molecular flexibility index (Phi) is 4.86. The van der Waals surface area contributed by atoms with Crippen LogP contribution in [-0.2, 0) is 27.3 Å². The van der Waals surface area contributed by atoms with E-state index < -0.39 is 0 Å². The van der Waals surface area contributed by atoms with Gasteiger partial charge in [-0.25, -0.2) is 0 Å². The zero-order valence-corrected chi connectivity index (χ0v) is 15.9. The van der Waals surface area contributed by atoms with E-state index >= 15 is 0 Å². The number of rotatable bonds is 4. The maximum atomic E-state index is 12.5. The highest BCUT2D eigenvalue weighted by molar-refractivity contribution is 6.01. The van der Waals surface area contributed by atoms with Gasteiger partial charge in [0.15, 0.2) is 0 Å². The van der Waals surface area contributed by atoms with Crippen molar-refractivity contribution in [2.24, 2.45) is 5.92 Å². The lowest BCUT2D eigenvalue weighted by Crippen LogP contribution is -2.32. The van der Waals surface area contributed by atoms with E-state index in [1.165, 1.54) is 0 Å². The molecule has 6 heteroatoms. The van der Waals surface area contributed by atoms with E-state index in [4.69, 9.17) is 0 Å². The van der Waals surface area contributed by atoms with Crippen molar-refractivity contribution in [3.8, 4) is 0 Å². The lowest BCUT2D eigenvalue weighted by atomic mass is 10.1. The first-order valence-corrected chi connectivity index (χ1v) is 9.56. The Morgan fingerprint density at radius 2 is 1.93 bits per heavy atom. The van der Waals surface area contributed by atoms with Crippen molar-refractivity contribution in [3.05, 3.63) is 59.7 Å². The van der Waals surface area contributed by atoms with Gasteiger partial charge < -0.3 is 15.1 Å². The molecular weight excluding hydrogens is 354 g/mol. The van der Waals surface area contributed by atoms with Crippen LogP contribution in [0.25, 0.3) is 0 Å². The van der Waals surface area contributed by atoms with E-state index in [2.05, 4.69) is 5.32 Å². The third-order valence-electron chi connectivity index (χ3n) is 5.46. The lowest BCUT2D eigenvalue weighted by Gasteiger charge is -2.19. The van der Waals surface area contributed by atoms with Crippen molar-refractivity contribution in [2.45, 2.75) is 26.3 Å². The quantitative estimate of drug-likeness (QED) is 0.889. The van der Waals surface area contributed by atoms with Crippen LogP contribution >= 0.6 is 0 Å². The number of hydrogen-bond acceptors (Lipinski definition) is 3. The van der Waals surface area contributed by atoms with Crippen LogP contribution in [0, 0.1) is 5.92 Å². The Hall–Kier alpha value is -3.15. The average molecular weight is 377 g/mol. The van der Waals surface area contributed by atoms with E-state index in [0.717, 1.165) is 28.9 Å². The fourth-order valence-corrected chi connectivity index (χ4v) is 3.95. The second-order valence-electron chi connectivity index (χ2n) is 7.34. The summed E-state index contributed by atoms with van der Waals surface area (Å²) >= 11 is 0. The van der Waals surface area contributed by atoms with Crippen molar-refractivity contribution in [1.82, 2.24) is 5.32 Å². The predicted molar refractivity (Wildman–Crippen MR) is 107 cm³/mol. The van der Waals surface area contributed by atoms with E-state index in [9.17, 15) is 14.4 Å². The molecule has 2 heterocycles. The van der Waals surface area contributed by atoms with Gasteiger partial charge in [-0.3, -0.25) is 14.4 Å². The number of carbonyl (C=O) groups is 3. The van der Waals surface area contributed by atoms with E-state index in [-0.39, 0.29) is 30.1 Å². The maximum absolute atomic E-state index is 12.5. The monoisotopic (exact) mass is 377 g/mol. The van der Waals surface area contributed by atoms with Crippen LogP contribution in [0.15, 0.2) is 48.5 Å². The van der Waals surface area contributed by atoms with Crippen LogP contribution < -0.4 is 15.1 Å². The molecule has 0 unspecified atom stereocenters. The molecular formula is C22H23N3O3. The lowest BCUT2D eigenvalue weighted by molar-refractivity contribution is -0.126. The van der Waals surface area contributed by atoms with Crippen molar-refractivity contribution in [3.63, 3.8) is 0 Å². The molecule has 0 radical (unpaired) electrons. The van der Waals surface area contributed by atoms with Gasteiger partial charge in [-0.05, 0) is 35.7 Å². The standard InChI is InChI=1S/C22H23N3O3/c1-15(26)24-10-9-17-11-19(7-8-20(17)24)25-14-18(12-21(25)27)22(28)23-13-16-5-3-2-4-6-16/h2-8,11,18H,9-10,12-14H2,1H3,(H,23,28)/t18-/m0/s1. The number of nitrogens with zero attached hydrogens (tertiary/aromatic N) is 2. The van der Waals surface area contributed by atoms with Gasteiger partial charge in [0.05, 0.1) is 5.92 Å². The van der Waals surface area contributed by atoms with Crippen LogP contribution in [0.3, 0.4) is 0 Å². The molecule has 144 valence electrons. The van der Waals surface area contributed by atoms with E-state index in [1.54, 1.807) is 16.7 Å². The molecule has 2 aromatic rings. The number of nitrogens with one attached hydrogen (secondary N) is 1. The number of anilines is 2. The van der Waals surface area contributed by atoms with E-state index in [1.807, 2.05) is 48.5 Å². The molecule has 0 spiro atoms. The maximum Gasteiger partial charge on any atom is 0.227 e. The third kappa shape index (κ3) is 3.50. The topological polar surface area (TPSA) is 69.7 Å². The average Bonchev–Trinajstić information content (AvgIpc) is 3.30. The van der Waals surface area contributed by atoms with Gasteiger partial charge in [0.2, 0.25) is 17.7 Å². The van der Waals surface area contributed by atoms with Crippen molar-refractivity contribution < 1.29 is 14.4 Å². The van der Waals surface area contributed by atoms with Gasteiger partial charge in [-0.1, -0.05) is 30.3 Å². The summed E-state index contributed by atoms with van der Waals surface area (Å²) in [5.41, 5.74) is 3.82. The van der Waals surface area contributed by atoms with Crippen molar-refractivity contribution in [1.29, 1.82) is 0 Å². The third-order valence-corrected chi connectivity index (χ3v) is 5.46. The number of benzene rings is 2. The molecule has 0 aromatic heterocycles. The molecule has 4 rings (SSSR count). The van der Waals surface area contributed by atoms with Crippen LogP contribution in [0.2, 0.25) is 0 Å². The number of amides is 3. The minimum absolute atomic E-state index is 0.0268. The van der Waals surface area contributed by atoms with Gasteiger partial charge >= 0.3 is 0 Å². The summed E-state index contributed by atoms with van der Waals surface area (Å²) in [4.78, 5) is 40.2. The Balaban J connectivity index is 1.42. The summed E-state index contributed by atoms with van der Waals surface area (Å²) in [6.45, 7) is 3.08. The minimum atomic E-state index is -0.349. The summed E-state index contributed by atoms with van der Waals surface area (Å²) in [5.74, 6) is -0.457. The molecule has 1 atom stereocenters. The first kappa shape index (κ1) is 18.2. The Morgan fingerprint density at radius 3 is 2.68 bits per heavy atom. The fraction of sp³-hybridized carbons (Fsp3) is 0.318. The summed E-state index contributed by atoms with van der Waals surface area (Å²) in [6, 6.07) is 15.5. The molecule has 2 aliphatic rings. The van der Waals surface area contributed by atoms with Crippen molar-refractivity contribution >= 4 is 29.1 Å². The second-order valence-corrected chi connectivity index (χ2v) is 7.34. The largest absolute Gasteiger partial charge is 0.352 e. The number of fused-ring (bicyclic) bond motifs is 1. The SMILES string of the molecule is CC(=O)N1CCc2cc(N3C[C@@H](C(=O)NCc4ccccc4)CC3=O)ccc21. The molecule has 0 saturated carbocycles. The fourth-order valence-electron chi connectivity index (χ4n) is 3.95. The highest BCUT2D eigenvalue weighted by Crippen LogP contribution is 2.34. The Morgan fingerprint density at radius 1 is 1.14 bits per heavy atom. The van der Waals surface area contributed by atoms with Gasteiger partial charge in [-0.15, -0.1) is 0 Å². The van der Waals surface area contributed by atoms with Crippen LogP contribution in [0.4, 0.5) is 11.4 Å². The molecule has 3 amide bonds. The molecule has 0 aliphatic carbocycles.